The van der Waals surface area contributed by atoms with Crippen LogP contribution >= 0.6 is 15.6 Å². The zero-order valence-corrected chi connectivity index (χ0v) is 51.7. The van der Waals surface area contributed by atoms with Gasteiger partial charge >= 0.3 is 15.6 Å². The molecule has 2 saturated heterocycles. The molecule has 492 valence electrons. The lowest BCUT2D eigenvalue weighted by molar-refractivity contribution is -0.133. The highest BCUT2D eigenvalue weighted by Gasteiger charge is 2.47. The van der Waals surface area contributed by atoms with Crippen LogP contribution in [0.3, 0.4) is 0 Å². The number of likely N-dealkylation sites (tertiary alicyclic amines) is 1. The molecule has 3 aliphatic rings. The van der Waals surface area contributed by atoms with Crippen LogP contribution in [-0.4, -0.2) is 205 Å². The van der Waals surface area contributed by atoms with Crippen molar-refractivity contribution in [3.63, 3.8) is 0 Å². The lowest BCUT2D eigenvalue weighted by Crippen LogP contribution is -2.58. The molecule has 86 heavy (non-hydrogen) atoms. The van der Waals surface area contributed by atoms with Crippen molar-refractivity contribution >= 4 is 68.0 Å². The molecule has 4 rings (SSSR count). The molecule has 7 atom stereocenters. The normalized spacial score (nSPS) is 19.9. The summed E-state index contributed by atoms with van der Waals surface area (Å²) in [5, 5.41) is 28.5. The molecule has 13 N–H and O–H groups in total. The zero-order valence-electron chi connectivity index (χ0n) is 49.9. The molecule has 1 aromatic rings. The number of nitrogens with one attached hydrogen (secondary N) is 3. The highest BCUT2D eigenvalue weighted by molar-refractivity contribution is 7.47. The monoisotopic (exact) mass is 1270 g/mol. The number of aliphatic hydroxyl groups excluding tert-OH is 2. The first-order valence-corrected chi connectivity index (χ1v) is 33.0. The maximum atomic E-state index is 13.8. The SMILES string of the molecule is COP(=O)(O)OC[C@H]1O[C@@H](N2CNc3c(N)ncnc32)C[C@@H]1OP(=O)(O)OC[C@@H]1C[C@@H](O)CN1C(=O)CCCCCCC(=O)NC(COCCC(=O)CCCCN)(COCCC(=O)CCCCN)COCCC(=O)NCCCCC(=O)CCCCO. The van der Waals surface area contributed by atoms with Crippen molar-refractivity contribution in [2.45, 2.75) is 184 Å². The highest BCUT2D eigenvalue weighted by Crippen LogP contribution is 2.50. The Kier molecular flexibility index (Phi) is 34.9. The standard InChI is InChI=1S/C54H96N10O20P2/c1-77-85(73,74)82-34-46-45(31-50(83-46)64-39-61-51-52(57)59-38-60-53(51)64)84-86(75,76)81-33-40-30-44(69)32-63(40)49(72)19-5-3-2-4-18-48(71)62-54(35-78-27-20-42(67)14-6-10-23-55,36-79-28-21-43(68)15-7-11-24-56)37-80-29-22-47(70)58-25-12-8-16-41(66)17-9-13-26-65/h38,40,44-46,50,61,65,69H,2-37,39,55-56H2,1H3,(H,58,70)(H,62,71)(H,73,74)(H,75,76)(H2,57,59,60)/t40-,44+,45-,46+,50+/m0/s1. The second-order valence-electron chi connectivity index (χ2n) is 21.8. The molecule has 3 aliphatic heterocycles. The number of rotatable bonds is 50. The number of nitrogens with two attached hydrogens (primary N) is 3. The number of fused-ring (bicyclic) bond motifs is 1. The highest BCUT2D eigenvalue weighted by atomic mass is 31.2. The van der Waals surface area contributed by atoms with E-state index in [9.17, 15) is 52.8 Å². The minimum Gasteiger partial charge on any atom is -0.396 e. The Bertz CT molecular complexity index is 2300. The third-order valence-electron chi connectivity index (χ3n) is 14.6. The molecule has 0 bridgehead atoms. The number of Topliss-reactive ketones (excluding diaryl/α,β-unsaturated/α-hetero) is 3. The van der Waals surface area contributed by atoms with Crippen LogP contribution in [0.5, 0.6) is 0 Å². The number of aliphatic hydroxyl groups is 2. The summed E-state index contributed by atoms with van der Waals surface area (Å²) in [6.07, 6.45) is 6.16. The minimum atomic E-state index is -4.93. The van der Waals surface area contributed by atoms with E-state index in [1.807, 2.05) is 0 Å². The van der Waals surface area contributed by atoms with Gasteiger partial charge in [-0.05, 0) is 83.7 Å². The third kappa shape index (κ3) is 28.5. The predicted octanol–water partition coefficient (Wildman–Crippen LogP) is 2.42. The lowest BCUT2D eigenvalue weighted by atomic mass is 10.0. The molecule has 2 unspecified atom stereocenters. The Hall–Kier alpha value is -4.20. The fourth-order valence-corrected chi connectivity index (χ4v) is 11.3. The molecular weight excluding hydrogens is 1170 g/mol. The van der Waals surface area contributed by atoms with E-state index in [0.717, 1.165) is 7.11 Å². The van der Waals surface area contributed by atoms with Crippen LogP contribution in [0.15, 0.2) is 6.33 Å². The summed E-state index contributed by atoms with van der Waals surface area (Å²) >= 11 is 0. The third-order valence-corrected chi connectivity index (χ3v) is 16.6. The first kappa shape index (κ1) is 74.3. The molecule has 1 aromatic heterocycles. The van der Waals surface area contributed by atoms with Gasteiger partial charge in [-0.25, -0.2) is 19.1 Å². The summed E-state index contributed by atoms with van der Waals surface area (Å²) in [4.78, 5) is 109. The average Bonchev–Trinajstić information content (AvgIpc) is 2.02. The van der Waals surface area contributed by atoms with Gasteiger partial charge in [-0.1, -0.05) is 12.8 Å². The number of ether oxygens (including phenoxy) is 4. The van der Waals surface area contributed by atoms with E-state index in [1.54, 1.807) is 4.90 Å². The fourth-order valence-electron chi connectivity index (χ4n) is 9.86. The van der Waals surface area contributed by atoms with Crippen molar-refractivity contribution in [1.29, 1.82) is 0 Å². The van der Waals surface area contributed by atoms with Gasteiger partial charge in [0.25, 0.3) is 0 Å². The number of unbranched alkanes of at least 4 members (excludes halogenated alkanes) is 7. The van der Waals surface area contributed by atoms with Crippen molar-refractivity contribution in [3.05, 3.63) is 6.33 Å². The summed E-state index contributed by atoms with van der Waals surface area (Å²) < 4.78 is 70.4. The topological polar surface area (TPSA) is 438 Å². The van der Waals surface area contributed by atoms with E-state index in [2.05, 4.69) is 30.4 Å². The molecule has 3 amide bonds. The van der Waals surface area contributed by atoms with Crippen LogP contribution < -0.4 is 38.1 Å². The van der Waals surface area contributed by atoms with Gasteiger partial charge in [0, 0.05) is 91.0 Å². The molecule has 0 aliphatic carbocycles. The number of hydrogen-bond acceptors (Lipinski definition) is 25. The molecule has 0 radical (unpaired) electrons. The zero-order chi connectivity index (χ0) is 62.8. The van der Waals surface area contributed by atoms with Crippen LogP contribution in [0.2, 0.25) is 0 Å². The molecule has 32 heteroatoms. The van der Waals surface area contributed by atoms with Gasteiger partial charge in [0.15, 0.2) is 11.6 Å². The number of aromatic nitrogens is 2. The van der Waals surface area contributed by atoms with Crippen LogP contribution in [0.25, 0.3) is 0 Å². The summed E-state index contributed by atoms with van der Waals surface area (Å²) in [5.74, 6) is -0.258. The van der Waals surface area contributed by atoms with Gasteiger partial charge in [-0.15, -0.1) is 0 Å². The fraction of sp³-hybridized carbons (Fsp3) is 0.815. The summed E-state index contributed by atoms with van der Waals surface area (Å²) in [6, 6.07) is -0.790. The number of phosphoric acid groups is 2. The Morgan fingerprint density at radius 2 is 1.29 bits per heavy atom. The quantitative estimate of drug-likeness (QED) is 0.0331. The molecule has 0 saturated carbocycles. The number of ketones is 3. The predicted molar refractivity (Wildman–Crippen MR) is 314 cm³/mol. The Balaban J connectivity index is 1.30. The average molecular weight is 1270 g/mol. The number of anilines is 3. The first-order chi connectivity index (χ1) is 41.2. The number of hydrogen-bond donors (Lipinski definition) is 10. The van der Waals surface area contributed by atoms with Crippen molar-refractivity contribution in [3.8, 4) is 0 Å². The second-order valence-corrected chi connectivity index (χ2v) is 24.8. The largest absolute Gasteiger partial charge is 0.472 e. The maximum absolute atomic E-state index is 13.8. The van der Waals surface area contributed by atoms with Gasteiger partial charge in [0.2, 0.25) is 17.7 Å². The number of amides is 3. The number of phosphoric ester groups is 2. The Morgan fingerprint density at radius 3 is 1.91 bits per heavy atom. The number of carbonyl (C=O) groups is 6. The van der Waals surface area contributed by atoms with Crippen LogP contribution in [0.1, 0.15) is 148 Å². The number of nitrogen functional groups attached to an aromatic ring is 1. The van der Waals surface area contributed by atoms with Crippen LogP contribution in [0.4, 0.5) is 17.3 Å². The molecule has 30 nitrogen and oxygen atoms in total. The molecule has 2 fully saturated rings. The van der Waals surface area contributed by atoms with Crippen molar-refractivity contribution in [1.82, 2.24) is 25.5 Å². The summed E-state index contributed by atoms with van der Waals surface area (Å²) in [7, 11) is -8.46. The van der Waals surface area contributed by atoms with Gasteiger partial charge in [0.1, 0.15) is 53.3 Å². The van der Waals surface area contributed by atoms with E-state index in [-0.39, 0.29) is 145 Å². The Labute approximate surface area is 503 Å². The van der Waals surface area contributed by atoms with Crippen molar-refractivity contribution in [2.24, 2.45) is 11.5 Å². The van der Waals surface area contributed by atoms with Gasteiger partial charge < -0.3 is 81.9 Å². The van der Waals surface area contributed by atoms with Crippen molar-refractivity contribution in [2.75, 3.05) is 115 Å². The smallest absolute Gasteiger partial charge is 0.396 e. The van der Waals surface area contributed by atoms with Gasteiger partial charge in [-0.3, -0.25) is 46.9 Å². The minimum absolute atomic E-state index is 0.000240. The molecule has 0 aromatic carbocycles. The summed E-state index contributed by atoms with van der Waals surface area (Å²) in [6.45, 7) is 0.162. The number of carbonyl (C=O) groups excluding carboxylic acids is 6. The molecule has 0 spiro atoms. The second kappa shape index (κ2) is 40.4. The molecular formula is C54H96N10O20P2. The van der Waals surface area contributed by atoms with Gasteiger partial charge in [-0.2, -0.15) is 0 Å². The summed E-state index contributed by atoms with van der Waals surface area (Å²) in [5.41, 5.74) is 16.3. The molecule has 4 heterocycles. The van der Waals surface area contributed by atoms with Crippen LogP contribution in [-0.2, 0) is 74.9 Å². The van der Waals surface area contributed by atoms with E-state index in [1.165, 1.54) is 11.2 Å². The van der Waals surface area contributed by atoms with Crippen LogP contribution in [0, 0.1) is 0 Å². The van der Waals surface area contributed by atoms with E-state index < -0.39 is 65.0 Å². The first-order valence-electron chi connectivity index (χ1n) is 30.0. The Morgan fingerprint density at radius 1 is 0.721 bits per heavy atom. The lowest BCUT2D eigenvalue weighted by Gasteiger charge is -2.34. The number of nitrogens with zero attached hydrogens (tertiary/aromatic N) is 4. The number of β-amino-alcohol motifs (C(OH)–C–C–N with tert-alkyl or cyclic N) is 1. The van der Waals surface area contributed by atoms with E-state index in [4.69, 9.17) is 54.8 Å². The van der Waals surface area contributed by atoms with Crippen molar-refractivity contribution < 1.29 is 94.9 Å². The van der Waals surface area contributed by atoms with E-state index in [0.29, 0.717) is 134 Å². The van der Waals surface area contributed by atoms with E-state index >= 15 is 0 Å². The van der Waals surface area contributed by atoms with Gasteiger partial charge in [0.05, 0.1) is 71.7 Å². The maximum Gasteiger partial charge on any atom is 0.472 e.